The minimum Gasteiger partial charge on any atom is -0.441 e. The fourth-order valence-corrected chi connectivity index (χ4v) is 2.03. The number of nitro benzene ring substituents is 1. The zero-order valence-corrected chi connectivity index (χ0v) is 15.5. The Morgan fingerprint density at radius 1 is 1.00 bits per heavy atom. The van der Waals surface area contributed by atoms with Gasteiger partial charge in [-0.05, 0) is 52.0 Å². The van der Waals surface area contributed by atoms with Crippen molar-refractivity contribution in [3.8, 4) is 0 Å². The van der Waals surface area contributed by atoms with E-state index in [1.165, 1.54) is 24.3 Å². The fraction of sp³-hybridized carbons (Fsp3) is 0.263. The van der Waals surface area contributed by atoms with Crippen LogP contribution >= 0.6 is 0 Å². The van der Waals surface area contributed by atoms with Crippen LogP contribution in [0.15, 0.2) is 48.5 Å². The molecule has 0 N–H and O–H groups in total. The van der Waals surface area contributed by atoms with Crippen LogP contribution in [0.2, 0.25) is 0 Å². The molecule has 0 heterocycles. The number of carbonyl (C=O) groups excluding carboxylic acids is 2. The highest BCUT2D eigenvalue weighted by molar-refractivity contribution is 5.94. The van der Waals surface area contributed by atoms with Gasteiger partial charge in [-0.15, -0.1) is 5.06 Å². The normalized spacial score (nSPS) is 10.8. The molecule has 0 bridgehead atoms. The van der Waals surface area contributed by atoms with Crippen LogP contribution in [0.1, 0.15) is 36.7 Å². The molecule has 0 radical (unpaired) electrons. The summed E-state index contributed by atoms with van der Waals surface area (Å²) in [6.45, 7) is 6.95. The summed E-state index contributed by atoms with van der Waals surface area (Å²) in [6, 6.07) is 11.6. The van der Waals surface area contributed by atoms with Crippen LogP contribution in [-0.2, 0) is 9.57 Å². The van der Waals surface area contributed by atoms with E-state index in [0.717, 1.165) is 10.6 Å². The second kappa shape index (κ2) is 7.86. The highest BCUT2D eigenvalue weighted by Gasteiger charge is 2.27. The summed E-state index contributed by atoms with van der Waals surface area (Å²) in [5.74, 6) is -0.851. The van der Waals surface area contributed by atoms with E-state index in [0.29, 0.717) is 5.69 Å². The monoisotopic (exact) mass is 372 g/mol. The molecule has 2 rings (SSSR count). The minimum absolute atomic E-state index is 0.0567. The Labute approximate surface area is 156 Å². The zero-order valence-electron chi connectivity index (χ0n) is 15.5. The van der Waals surface area contributed by atoms with Crippen molar-refractivity contribution in [3.63, 3.8) is 0 Å². The second-order valence-corrected chi connectivity index (χ2v) is 6.79. The molecule has 0 aliphatic heterocycles. The molecule has 0 aliphatic carbocycles. The third-order valence-electron chi connectivity index (χ3n) is 3.32. The number of benzene rings is 2. The molecule has 0 saturated carbocycles. The minimum atomic E-state index is -0.860. The van der Waals surface area contributed by atoms with Crippen molar-refractivity contribution in [2.24, 2.45) is 0 Å². The lowest BCUT2D eigenvalue weighted by Crippen LogP contribution is -2.38. The average molecular weight is 372 g/mol. The van der Waals surface area contributed by atoms with Gasteiger partial charge in [0.05, 0.1) is 16.2 Å². The Kier molecular flexibility index (Phi) is 5.79. The van der Waals surface area contributed by atoms with Gasteiger partial charge in [0, 0.05) is 12.1 Å². The molecule has 0 spiro atoms. The van der Waals surface area contributed by atoms with Crippen LogP contribution in [-0.4, -0.2) is 22.6 Å². The van der Waals surface area contributed by atoms with Crippen LogP contribution in [0.25, 0.3) is 0 Å². The van der Waals surface area contributed by atoms with Gasteiger partial charge < -0.3 is 9.57 Å². The summed E-state index contributed by atoms with van der Waals surface area (Å²) in [7, 11) is 0. The lowest BCUT2D eigenvalue weighted by Gasteiger charge is -2.26. The van der Waals surface area contributed by atoms with Gasteiger partial charge in [-0.2, -0.15) is 0 Å². The standard InChI is InChI=1S/C19H20N2O6/c1-13-5-9-15(10-6-13)20(18(23)26-19(2,3)4)27-17(22)14-7-11-16(12-8-14)21(24)25/h5-12H,1-4H3. The Morgan fingerprint density at radius 3 is 2.04 bits per heavy atom. The topological polar surface area (TPSA) is 99.0 Å². The van der Waals surface area contributed by atoms with E-state index in [1.807, 2.05) is 6.92 Å². The Balaban J connectivity index is 2.27. The number of nitro groups is 1. The molecular formula is C19H20N2O6. The quantitative estimate of drug-likeness (QED) is 0.584. The molecular weight excluding hydrogens is 352 g/mol. The van der Waals surface area contributed by atoms with Crippen LogP contribution < -0.4 is 5.06 Å². The molecule has 8 heteroatoms. The largest absolute Gasteiger partial charge is 0.448 e. The summed E-state index contributed by atoms with van der Waals surface area (Å²) < 4.78 is 5.29. The lowest BCUT2D eigenvalue weighted by molar-refractivity contribution is -0.384. The van der Waals surface area contributed by atoms with Crippen LogP contribution in [0.4, 0.5) is 16.2 Å². The van der Waals surface area contributed by atoms with Gasteiger partial charge in [-0.1, -0.05) is 17.7 Å². The van der Waals surface area contributed by atoms with Gasteiger partial charge in [-0.25, -0.2) is 9.59 Å². The van der Waals surface area contributed by atoms with Crippen molar-refractivity contribution >= 4 is 23.4 Å². The van der Waals surface area contributed by atoms with Gasteiger partial charge in [0.25, 0.3) is 5.69 Å². The first kappa shape index (κ1) is 19.9. The van der Waals surface area contributed by atoms with Gasteiger partial charge in [-0.3, -0.25) is 10.1 Å². The first-order valence-electron chi connectivity index (χ1n) is 8.13. The summed E-state index contributed by atoms with van der Waals surface area (Å²) >= 11 is 0. The van der Waals surface area contributed by atoms with Crippen molar-refractivity contribution < 1.29 is 24.1 Å². The van der Waals surface area contributed by atoms with Gasteiger partial charge in [0.15, 0.2) is 0 Å². The van der Waals surface area contributed by atoms with Crippen molar-refractivity contribution in [2.45, 2.75) is 33.3 Å². The number of nitrogens with zero attached hydrogens (tertiary/aromatic N) is 2. The number of ether oxygens (including phenoxy) is 1. The third-order valence-corrected chi connectivity index (χ3v) is 3.32. The Bertz CT molecular complexity index is 838. The number of hydrogen-bond acceptors (Lipinski definition) is 6. The van der Waals surface area contributed by atoms with Crippen LogP contribution in [0.3, 0.4) is 0 Å². The van der Waals surface area contributed by atoms with Crippen molar-refractivity contribution in [1.29, 1.82) is 0 Å². The van der Waals surface area contributed by atoms with Crippen molar-refractivity contribution in [2.75, 3.05) is 5.06 Å². The maximum atomic E-state index is 12.5. The highest BCUT2D eigenvalue weighted by atomic mass is 16.8. The molecule has 0 saturated heterocycles. The molecule has 27 heavy (non-hydrogen) atoms. The predicted octanol–water partition coefficient (Wildman–Crippen LogP) is 4.42. The van der Waals surface area contributed by atoms with E-state index < -0.39 is 22.6 Å². The molecule has 0 aromatic heterocycles. The van der Waals surface area contributed by atoms with E-state index in [9.17, 15) is 19.7 Å². The third kappa shape index (κ3) is 5.53. The maximum absolute atomic E-state index is 12.5. The Morgan fingerprint density at radius 2 is 1.56 bits per heavy atom. The van der Waals surface area contributed by atoms with E-state index in [-0.39, 0.29) is 11.3 Å². The smallest absolute Gasteiger partial charge is 0.441 e. The number of anilines is 1. The molecule has 1 amide bonds. The van der Waals surface area contributed by atoms with Crippen LogP contribution in [0, 0.1) is 17.0 Å². The number of hydrogen-bond donors (Lipinski definition) is 0. The van der Waals surface area contributed by atoms with Gasteiger partial charge in [0.1, 0.15) is 5.60 Å². The van der Waals surface area contributed by atoms with E-state index >= 15 is 0 Å². The fourth-order valence-electron chi connectivity index (χ4n) is 2.03. The van der Waals surface area contributed by atoms with E-state index in [1.54, 1.807) is 45.0 Å². The van der Waals surface area contributed by atoms with Crippen molar-refractivity contribution in [1.82, 2.24) is 0 Å². The first-order valence-corrected chi connectivity index (χ1v) is 8.13. The molecule has 0 fully saturated rings. The molecule has 142 valence electrons. The predicted molar refractivity (Wildman–Crippen MR) is 98.4 cm³/mol. The number of rotatable bonds is 3. The van der Waals surface area contributed by atoms with E-state index in [2.05, 4.69) is 0 Å². The van der Waals surface area contributed by atoms with Crippen LogP contribution in [0.5, 0.6) is 0 Å². The number of aryl methyl sites for hydroxylation is 1. The number of hydroxylamine groups is 1. The SMILES string of the molecule is Cc1ccc(N(OC(=O)c2ccc([N+](=O)[O-])cc2)C(=O)OC(C)(C)C)cc1. The highest BCUT2D eigenvalue weighted by Crippen LogP contribution is 2.21. The number of carbonyl (C=O) groups is 2. The van der Waals surface area contributed by atoms with Gasteiger partial charge >= 0.3 is 12.1 Å². The molecule has 8 nitrogen and oxygen atoms in total. The summed E-state index contributed by atoms with van der Waals surface area (Å²) in [5.41, 5.74) is 0.379. The maximum Gasteiger partial charge on any atom is 0.448 e. The van der Waals surface area contributed by atoms with Gasteiger partial charge in [0.2, 0.25) is 0 Å². The Hall–Kier alpha value is -3.42. The summed E-state index contributed by atoms with van der Waals surface area (Å²) in [4.78, 5) is 40.3. The molecule has 0 unspecified atom stereocenters. The first-order chi connectivity index (χ1) is 12.6. The zero-order chi connectivity index (χ0) is 20.2. The lowest BCUT2D eigenvalue weighted by atomic mass is 10.2. The van der Waals surface area contributed by atoms with Crippen molar-refractivity contribution in [3.05, 3.63) is 69.8 Å². The number of non-ortho nitro benzene ring substituents is 1. The molecule has 2 aromatic rings. The molecule has 0 atom stereocenters. The summed E-state index contributed by atoms with van der Waals surface area (Å²) in [5, 5.41) is 11.5. The van der Waals surface area contributed by atoms with E-state index in [4.69, 9.17) is 9.57 Å². The average Bonchev–Trinajstić information content (AvgIpc) is 2.59. The molecule has 0 aliphatic rings. The molecule has 2 aromatic carbocycles. The summed E-state index contributed by atoms with van der Waals surface area (Å²) in [6.07, 6.45) is -0.860. The second-order valence-electron chi connectivity index (χ2n) is 6.79. The number of amides is 1.